The van der Waals surface area contributed by atoms with E-state index in [1.165, 1.54) is 0 Å². The molecule has 0 aromatic rings. The molecular weight excluding hydrogens is 231 g/mol. The largest absolute Gasteiger partial charge is 0.481 e. The molecule has 9 heteroatoms. The van der Waals surface area contributed by atoms with Gasteiger partial charge in [0.2, 0.25) is 0 Å². The molecule has 0 saturated carbocycles. The van der Waals surface area contributed by atoms with Crippen LogP contribution in [0.4, 0.5) is 0 Å². The first-order valence-corrected chi connectivity index (χ1v) is 1.86. The molecule has 0 aliphatic heterocycles. The number of hydrogen-bond acceptors (Lipinski definition) is 2. The van der Waals surface area contributed by atoms with Gasteiger partial charge in [0.1, 0.15) is 0 Å². The third-order valence-corrected chi connectivity index (χ3v) is 0. The second kappa shape index (κ2) is 42.7. The molecule has 0 fully saturated rings. The van der Waals surface area contributed by atoms with Crippen LogP contribution in [0.3, 0.4) is 0 Å². The molecule has 1 radical (unpaired) electrons. The number of carboxylic acids is 2. The molecule has 0 amide bonds. The summed E-state index contributed by atoms with van der Waals surface area (Å²) in [6, 6.07) is 0. The Bertz CT molecular complexity index is 74.1. The first-order valence-electron chi connectivity index (χ1n) is 1.86. The average Bonchev–Trinajstić information content (AvgIpc) is 1.25. The van der Waals surface area contributed by atoms with E-state index in [4.69, 9.17) is 19.8 Å². The van der Waals surface area contributed by atoms with E-state index in [-0.39, 0.29) is 39.0 Å². The fourth-order valence-electron chi connectivity index (χ4n) is 0. The van der Waals surface area contributed by atoms with Gasteiger partial charge in [-0.1, -0.05) is 0 Å². The second-order valence-electron chi connectivity index (χ2n) is 1.04. The summed E-state index contributed by atoms with van der Waals surface area (Å²) in [4.78, 5) is 18.0. The van der Waals surface area contributed by atoms with Crippen LogP contribution >= 0.6 is 0 Å². The van der Waals surface area contributed by atoms with Gasteiger partial charge in [0.15, 0.2) is 0 Å². The van der Waals surface area contributed by atoms with Crippen LogP contribution in [0.1, 0.15) is 13.8 Å². The van der Waals surface area contributed by atoms with Gasteiger partial charge in [0.25, 0.3) is 11.9 Å². The Kier molecular flexibility index (Phi) is 184. The minimum atomic E-state index is -0.833. The molecule has 0 saturated heterocycles. The zero-order valence-corrected chi connectivity index (χ0v) is 8.27. The van der Waals surface area contributed by atoms with E-state index in [0.29, 0.717) is 0 Å². The Morgan fingerprint density at radius 2 is 0.769 bits per heavy atom. The third kappa shape index (κ3) is 1990. The van der Waals surface area contributed by atoms with Crippen LogP contribution in [0.2, 0.25) is 0 Å². The molecule has 8 nitrogen and oxygen atoms in total. The SMILES string of the molecule is CC(=O)O.CC(=O)O.O.O.O.O.[Mn]. The van der Waals surface area contributed by atoms with Crippen molar-refractivity contribution in [3.63, 3.8) is 0 Å². The van der Waals surface area contributed by atoms with Gasteiger partial charge in [0, 0.05) is 30.9 Å². The van der Waals surface area contributed by atoms with Crippen molar-refractivity contribution in [2.24, 2.45) is 0 Å². The van der Waals surface area contributed by atoms with Gasteiger partial charge < -0.3 is 32.1 Å². The summed E-state index contributed by atoms with van der Waals surface area (Å²) in [5.41, 5.74) is 0. The van der Waals surface area contributed by atoms with Gasteiger partial charge in [-0.15, -0.1) is 0 Å². The van der Waals surface area contributed by atoms with Crippen molar-refractivity contribution >= 4 is 11.9 Å². The minimum Gasteiger partial charge on any atom is -0.481 e. The smallest absolute Gasteiger partial charge is 0.300 e. The maximum Gasteiger partial charge on any atom is 0.300 e. The molecule has 0 atom stereocenters. The van der Waals surface area contributed by atoms with Crippen LogP contribution in [0.15, 0.2) is 0 Å². The summed E-state index contributed by atoms with van der Waals surface area (Å²) in [5.74, 6) is -1.67. The number of carbonyl (C=O) groups is 2. The Morgan fingerprint density at radius 1 is 0.769 bits per heavy atom. The topological polar surface area (TPSA) is 201 Å². The van der Waals surface area contributed by atoms with Crippen molar-refractivity contribution in [3.8, 4) is 0 Å². The van der Waals surface area contributed by atoms with Crippen LogP contribution < -0.4 is 0 Å². The van der Waals surface area contributed by atoms with Crippen molar-refractivity contribution in [1.29, 1.82) is 0 Å². The quantitative estimate of drug-likeness (QED) is 0.426. The summed E-state index contributed by atoms with van der Waals surface area (Å²) >= 11 is 0. The van der Waals surface area contributed by atoms with Crippen LogP contribution in [0, 0.1) is 0 Å². The Hall–Kier alpha value is -0.701. The summed E-state index contributed by atoms with van der Waals surface area (Å²) < 4.78 is 0. The average molecular weight is 247 g/mol. The van der Waals surface area contributed by atoms with Crippen molar-refractivity contribution in [1.82, 2.24) is 0 Å². The van der Waals surface area contributed by atoms with Crippen molar-refractivity contribution in [3.05, 3.63) is 0 Å². The molecule has 0 aliphatic carbocycles. The minimum absolute atomic E-state index is 0. The molecule has 0 unspecified atom stereocenters. The molecule has 87 valence electrons. The van der Waals surface area contributed by atoms with Gasteiger partial charge in [0.05, 0.1) is 0 Å². The summed E-state index contributed by atoms with van der Waals surface area (Å²) in [6.07, 6.45) is 0. The molecule has 0 aromatic carbocycles. The molecule has 0 spiro atoms. The van der Waals surface area contributed by atoms with Crippen molar-refractivity contribution in [2.45, 2.75) is 13.8 Å². The normalized spacial score (nSPS) is 3.85. The van der Waals surface area contributed by atoms with Gasteiger partial charge >= 0.3 is 0 Å². The summed E-state index contributed by atoms with van der Waals surface area (Å²) in [7, 11) is 0. The van der Waals surface area contributed by atoms with E-state index in [0.717, 1.165) is 13.8 Å². The number of aliphatic carboxylic acids is 2. The second-order valence-corrected chi connectivity index (χ2v) is 1.04. The zero-order chi connectivity index (χ0) is 7.15. The van der Waals surface area contributed by atoms with Crippen LogP contribution in [0.25, 0.3) is 0 Å². The third-order valence-electron chi connectivity index (χ3n) is 0. The van der Waals surface area contributed by atoms with E-state index in [1.54, 1.807) is 0 Å². The van der Waals surface area contributed by atoms with E-state index in [2.05, 4.69) is 0 Å². The summed E-state index contributed by atoms with van der Waals surface area (Å²) in [5, 5.41) is 14.8. The van der Waals surface area contributed by atoms with Crippen LogP contribution in [-0.2, 0) is 26.7 Å². The maximum atomic E-state index is 9.00. The maximum absolute atomic E-state index is 9.00. The molecule has 10 N–H and O–H groups in total. The fraction of sp³-hybridized carbons (Fsp3) is 0.500. The van der Waals surface area contributed by atoms with Crippen molar-refractivity contribution in [2.75, 3.05) is 0 Å². The van der Waals surface area contributed by atoms with E-state index >= 15 is 0 Å². The number of carboxylic acid groups (broad SMARTS) is 2. The Labute approximate surface area is 85.3 Å². The molecule has 0 rings (SSSR count). The number of rotatable bonds is 0. The molecule has 0 aliphatic rings. The van der Waals surface area contributed by atoms with E-state index in [9.17, 15) is 0 Å². The van der Waals surface area contributed by atoms with E-state index < -0.39 is 11.9 Å². The molecule has 0 aromatic heterocycles. The molecular formula is C4H16MnO8. The van der Waals surface area contributed by atoms with E-state index in [1.807, 2.05) is 0 Å². The first-order chi connectivity index (χ1) is 3.46. The molecule has 13 heavy (non-hydrogen) atoms. The molecule has 0 bridgehead atoms. The molecule has 0 heterocycles. The predicted molar refractivity (Wildman–Crippen MR) is 41.1 cm³/mol. The predicted octanol–water partition coefficient (Wildman–Crippen LogP) is -3.12. The summed E-state index contributed by atoms with van der Waals surface area (Å²) in [6.45, 7) is 2.17. The Morgan fingerprint density at radius 3 is 0.769 bits per heavy atom. The van der Waals surface area contributed by atoms with Gasteiger partial charge in [-0.3, -0.25) is 9.59 Å². The Balaban J connectivity index is -0.00000000800. The van der Waals surface area contributed by atoms with Crippen LogP contribution in [0.5, 0.6) is 0 Å². The monoisotopic (exact) mass is 247 g/mol. The fourth-order valence-corrected chi connectivity index (χ4v) is 0. The van der Waals surface area contributed by atoms with Gasteiger partial charge in [-0.25, -0.2) is 0 Å². The van der Waals surface area contributed by atoms with Crippen LogP contribution in [-0.4, -0.2) is 44.1 Å². The van der Waals surface area contributed by atoms with Gasteiger partial charge in [-0.2, -0.15) is 0 Å². The standard InChI is InChI=1S/2C2H4O2.Mn.4H2O/c2*1-2(3)4;;;;;/h2*1H3,(H,3,4);;4*1H2. The van der Waals surface area contributed by atoms with Gasteiger partial charge in [-0.05, 0) is 0 Å². The first kappa shape index (κ1) is 55.9. The number of hydrogen-bond donors (Lipinski definition) is 2. The zero-order valence-electron chi connectivity index (χ0n) is 7.09. The van der Waals surface area contributed by atoms with Crippen molar-refractivity contribution < 1.29 is 58.8 Å².